The highest BCUT2D eigenvalue weighted by molar-refractivity contribution is 5.85. The van der Waals surface area contributed by atoms with Gasteiger partial charge in [-0.2, -0.15) is 0 Å². The third-order valence-corrected chi connectivity index (χ3v) is 2.93. The molecule has 0 aliphatic carbocycles. The van der Waals surface area contributed by atoms with Crippen molar-refractivity contribution in [2.75, 3.05) is 18.0 Å². The van der Waals surface area contributed by atoms with Crippen LogP contribution in [0.1, 0.15) is 19.8 Å². The first-order valence-corrected chi connectivity index (χ1v) is 6.14. The third-order valence-electron chi connectivity index (χ3n) is 2.93. The second-order valence-electron chi connectivity index (χ2n) is 4.58. The van der Waals surface area contributed by atoms with E-state index in [1.54, 1.807) is 18.5 Å². The van der Waals surface area contributed by atoms with Crippen molar-refractivity contribution in [1.82, 2.24) is 15.3 Å². The first-order valence-electron chi connectivity index (χ1n) is 6.14. The van der Waals surface area contributed by atoms with Crippen LogP contribution in [0.25, 0.3) is 0 Å². The Morgan fingerprint density at radius 2 is 2.28 bits per heavy atom. The van der Waals surface area contributed by atoms with Gasteiger partial charge in [-0.3, -0.25) is 4.79 Å². The zero-order valence-corrected chi connectivity index (χ0v) is 10.6. The second kappa shape index (κ2) is 5.62. The monoisotopic (exact) mass is 246 g/mol. The zero-order chi connectivity index (χ0) is 13.0. The average Bonchev–Trinajstić information content (AvgIpc) is 2.86. The molecule has 1 unspecified atom stereocenters. The Morgan fingerprint density at radius 3 is 2.94 bits per heavy atom. The van der Waals surface area contributed by atoms with E-state index in [-0.39, 0.29) is 11.9 Å². The molecule has 0 radical (unpaired) electrons. The summed E-state index contributed by atoms with van der Waals surface area (Å²) < 4.78 is 0. The Labute approximate surface area is 107 Å². The maximum absolute atomic E-state index is 12.1. The highest BCUT2D eigenvalue weighted by atomic mass is 16.2. The number of hydrogen-bond donors (Lipinski definition) is 1. The summed E-state index contributed by atoms with van der Waals surface area (Å²) >= 11 is 0. The van der Waals surface area contributed by atoms with E-state index in [0.29, 0.717) is 12.5 Å². The number of carbonyl (C=O) groups is 1. The molecule has 1 aromatic rings. The van der Waals surface area contributed by atoms with Crippen molar-refractivity contribution < 1.29 is 4.79 Å². The van der Waals surface area contributed by atoms with Gasteiger partial charge in [-0.25, -0.2) is 9.97 Å². The van der Waals surface area contributed by atoms with E-state index >= 15 is 0 Å². The summed E-state index contributed by atoms with van der Waals surface area (Å²) in [4.78, 5) is 22.5. The fraction of sp³-hybridized carbons (Fsp3) is 0.462. The maximum atomic E-state index is 12.1. The van der Waals surface area contributed by atoms with E-state index in [1.165, 1.54) is 0 Å². The summed E-state index contributed by atoms with van der Waals surface area (Å²) in [6.07, 6.45) is 5.23. The predicted octanol–water partition coefficient (Wildman–Crippen LogP) is 1.14. The fourth-order valence-electron chi connectivity index (χ4n) is 2.07. The lowest BCUT2D eigenvalue weighted by Gasteiger charge is -2.23. The Balaban J connectivity index is 2.03. The molecule has 0 spiro atoms. The van der Waals surface area contributed by atoms with Gasteiger partial charge in [0.2, 0.25) is 11.9 Å². The fourth-order valence-corrected chi connectivity index (χ4v) is 2.07. The molecular weight excluding hydrogens is 228 g/mol. The van der Waals surface area contributed by atoms with Crippen molar-refractivity contribution in [2.24, 2.45) is 0 Å². The van der Waals surface area contributed by atoms with E-state index < -0.39 is 0 Å². The number of aromatic nitrogens is 2. The molecule has 1 aliphatic rings. The minimum Gasteiger partial charge on any atom is -0.351 e. The van der Waals surface area contributed by atoms with E-state index in [0.717, 1.165) is 25.0 Å². The first-order chi connectivity index (χ1) is 8.68. The molecular formula is C13H18N4O. The lowest BCUT2D eigenvalue weighted by molar-refractivity contribution is -0.122. The van der Waals surface area contributed by atoms with Crippen LogP contribution in [-0.4, -0.2) is 35.0 Å². The van der Waals surface area contributed by atoms with Gasteiger partial charge < -0.3 is 10.2 Å². The van der Waals surface area contributed by atoms with Gasteiger partial charge in [0.05, 0.1) is 0 Å². The Bertz CT molecular complexity index is 432. The van der Waals surface area contributed by atoms with Crippen molar-refractivity contribution in [3.8, 4) is 0 Å². The molecule has 96 valence electrons. The zero-order valence-electron chi connectivity index (χ0n) is 10.6. The number of hydrogen-bond acceptors (Lipinski definition) is 4. The molecule has 1 N–H and O–H groups in total. The molecule has 2 rings (SSSR count). The number of nitrogens with zero attached hydrogens (tertiary/aromatic N) is 3. The van der Waals surface area contributed by atoms with Gasteiger partial charge in [-0.1, -0.05) is 12.2 Å². The minimum absolute atomic E-state index is 0.0305. The van der Waals surface area contributed by atoms with Crippen LogP contribution in [0.15, 0.2) is 30.6 Å². The number of carbonyl (C=O) groups excluding carboxylic acids is 1. The molecule has 5 nitrogen and oxygen atoms in total. The normalized spacial score (nSPS) is 18.7. The third kappa shape index (κ3) is 2.85. The highest BCUT2D eigenvalue weighted by Crippen LogP contribution is 2.21. The van der Waals surface area contributed by atoms with Crippen LogP contribution in [0.5, 0.6) is 0 Å². The lowest BCUT2D eigenvalue weighted by atomic mass is 10.2. The molecule has 1 aliphatic heterocycles. The number of rotatable bonds is 4. The van der Waals surface area contributed by atoms with E-state index in [9.17, 15) is 4.79 Å². The number of nitrogens with one attached hydrogen (secondary N) is 1. The minimum atomic E-state index is -0.160. The van der Waals surface area contributed by atoms with Crippen molar-refractivity contribution in [2.45, 2.75) is 25.8 Å². The quantitative estimate of drug-likeness (QED) is 0.809. The summed E-state index contributed by atoms with van der Waals surface area (Å²) in [5.74, 6) is 0.661. The van der Waals surface area contributed by atoms with Crippen LogP contribution in [-0.2, 0) is 4.79 Å². The first kappa shape index (κ1) is 12.5. The number of anilines is 1. The van der Waals surface area contributed by atoms with E-state index in [1.807, 2.05) is 11.8 Å². The van der Waals surface area contributed by atoms with Crippen LogP contribution in [0.2, 0.25) is 0 Å². The van der Waals surface area contributed by atoms with E-state index in [4.69, 9.17) is 0 Å². The topological polar surface area (TPSA) is 58.1 Å². The van der Waals surface area contributed by atoms with Gasteiger partial charge in [-0.05, 0) is 25.8 Å². The number of amides is 1. The predicted molar refractivity (Wildman–Crippen MR) is 70.2 cm³/mol. The molecule has 0 saturated carbocycles. The van der Waals surface area contributed by atoms with Gasteiger partial charge in [0, 0.05) is 25.5 Å². The van der Waals surface area contributed by atoms with Gasteiger partial charge in [-0.15, -0.1) is 0 Å². The Hall–Kier alpha value is -1.91. The van der Waals surface area contributed by atoms with Gasteiger partial charge in [0.1, 0.15) is 6.04 Å². The molecule has 1 amide bonds. The van der Waals surface area contributed by atoms with Gasteiger partial charge in [0.15, 0.2) is 0 Å². The molecule has 2 heterocycles. The second-order valence-corrected chi connectivity index (χ2v) is 4.58. The molecule has 1 atom stereocenters. The van der Waals surface area contributed by atoms with Crippen molar-refractivity contribution in [1.29, 1.82) is 0 Å². The molecule has 0 bridgehead atoms. The molecule has 1 aromatic heterocycles. The maximum Gasteiger partial charge on any atom is 0.243 e. The van der Waals surface area contributed by atoms with Crippen LogP contribution >= 0.6 is 0 Å². The molecule has 18 heavy (non-hydrogen) atoms. The Morgan fingerprint density at radius 1 is 1.56 bits per heavy atom. The van der Waals surface area contributed by atoms with Crippen LogP contribution in [0.4, 0.5) is 5.95 Å². The van der Waals surface area contributed by atoms with Crippen LogP contribution < -0.4 is 10.2 Å². The molecule has 1 saturated heterocycles. The largest absolute Gasteiger partial charge is 0.351 e. The highest BCUT2D eigenvalue weighted by Gasteiger charge is 2.31. The standard InChI is InChI=1S/C13H18N4O/c1-10(2)9-16-12(18)11-5-3-8-17(11)13-14-6-4-7-15-13/h4,6-7,11H,1,3,5,8-9H2,2H3,(H,16,18). The Kier molecular flexibility index (Phi) is 3.92. The summed E-state index contributed by atoms with van der Waals surface area (Å²) in [5.41, 5.74) is 0.948. The van der Waals surface area contributed by atoms with Crippen molar-refractivity contribution in [3.63, 3.8) is 0 Å². The summed E-state index contributed by atoms with van der Waals surface area (Å²) in [7, 11) is 0. The molecule has 0 aromatic carbocycles. The van der Waals surface area contributed by atoms with Gasteiger partial charge in [0.25, 0.3) is 0 Å². The smallest absolute Gasteiger partial charge is 0.243 e. The SMILES string of the molecule is C=C(C)CNC(=O)C1CCCN1c1ncccn1. The molecule has 1 fully saturated rings. The van der Waals surface area contributed by atoms with E-state index in [2.05, 4.69) is 21.9 Å². The lowest BCUT2D eigenvalue weighted by Crippen LogP contribution is -2.44. The average molecular weight is 246 g/mol. The van der Waals surface area contributed by atoms with Crippen LogP contribution in [0, 0.1) is 0 Å². The van der Waals surface area contributed by atoms with Crippen molar-refractivity contribution >= 4 is 11.9 Å². The van der Waals surface area contributed by atoms with Crippen molar-refractivity contribution in [3.05, 3.63) is 30.6 Å². The summed E-state index contributed by atoms with van der Waals surface area (Å²) in [6.45, 7) is 7.03. The van der Waals surface area contributed by atoms with Crippen LogP contribution in [0.3, 0.4) is 0 Å². The molecule has 5 heteroatoms. The summed E-state index contributed by atoms with van der Waals surface area (Å²) in [5, 5.41) is 2.89. The van der Waals surface area contributed by atoms with Gasteiger partial charge >= 0.3 is 0 Å². The summed E-state index contributed by atoms with van der Waals surface area (Å²) in [6, 6.07) is 1.61.